The van der Waals surface area contributed by atoms with E-state index in [2.05, 4.69) is 5.10 Å². The summed E-state index contributed by atoms with van der Waals surface area (Å²) in [6, 6.07) is 0. The Kier molecular flexibility index (Phi) is 2.80. The summed E-state index contributed by atoms with van der Waals surface area (Å²) in [6.07, 6.45) is 0.825. The molecule has 0 aliphatic heterocycles. The molecule has 5 nitrogen and oxygen atoms in total. The Labute approximate surface area is 69.9 Å². The highest BCUT2D eigenvalue weighted by atomic mass is 16.4. The van der Waals surface area contributed by atoms with Gasteiger partial charge in [0.1, 0.15) is 12.2 Å². The van der Waals surface area contributed by atoms with Crippen LogP contribution in [-0.2, 0) is 7.05 Å². The number of hydrogen-bond donors (Lipinski definition) is 3. The number of aliphatic hydroxyl groups excluding tert-OH is 3. The van der Waals surface area contributed by atoms with Gasteiger partial charge in [-0.15, -0.1) is 0 Å². The largest absolute Gasteiger partial charge is 0.394 e. The number of aliphatic hydroxyl groups is 3. The molecule has 1 rings (SSSR count). The second kappa shape index (κ2) is 3.66. The van der Waals surface area contributed by atoms with Crippen molar-refractivity contribution in [3.05, 3.63) is 18.0 Å². The summed E-state index contributed by atoms with van der Waals surface area (Å²) < 4.78 is 1.52. The zero-order chi connectivity index (χ0) is 9.14. The van der Waals surface area contributed by atoms with Crippen molar-refractivity contribution in [2.45, 2.75) is 12.2 Å². The number of rotatable bonds is 3. The number of aryl methyl sites for hydroxylation is 1. The second-order valence-electron chi connectivity index (χ2n) is 2.64. The summed E-state index contributed by atoms with van der Waals surface area (Å²) in [5, 5.41) is 30.7. The second-order valence-corrected chi connectivity index (χ2v) is 2.64. The van der Waals surface area contributed by atoms with Gasteiger partial charge in [0.25, 0.3) is 0 Å². The Hall–Kier alpha value is -0.910. The first-order valence-corrected chi connectivity index (χ1v) is 3.60. The summed E-state index contributed by atoms with van der Waals surface area (Å²) in [5.74, 6) is 0. The molecule has 5 heteroatoms. The lowest BCUT2D eigenvalue weighted by Crippen LogP contribution is -2.21. The molecule has 3 N–H and O–H groups in total. The van der Waals surface area contributed by atoms with Gasteiger partial charge in [0.05, 0.1) is 12.8 Å². The molecule has 0 amide bonds. The van der Waals surface area contributed by atoms with Crippen LogP contribution in [0.4, 0.5) is 0 Å². The van der Waals surface area contributed by atoms with Crippen LogP contribution in [0.5, 0.6) is 0 Å². The van der Waals surface area contributed by atoms with E-state index in [1.165, 1.54) is 10.9 Å². The van der Waals surface area contributed by atoms with Gasteiger partial charge in [-0.05, 0) is 0 Å². The van der Waals surface area contributed by atoms with Crippen LogP contribution in [0.1, 0.15) is 11.7 Å². The van der Waals surface area contributed by atoms with E-state index in [1.807, 2.05) is 0 Å². The molecule has 0 saturated heterocycles. The standard InChI is InChI=1S/C7H12N2O3/c1-9-3-5(2-8-9)7(12)6(11)4-10/h2-3,6-7,10-12H,4H2,1H3. The van der Waals surface area contributed by atoms with E-state index < -0.39 is 18.8 Å². The molecule has 0 aliphatic rings. The molecule has 68 valence electrons. The van der Waals surface area contributed by atoms with Crippen molar-refractivity contribution in [3.63, 3.8) is 0 Å². The normalized spacial score (nSPS) is 16.0. The Morgan fingerprint density at radius 3 is 2.67 bits per heavy atom. The van der Waals surface area contributed by atoms with E-state index in [9.17, 15) is 5.11 Å². The molecular weight excluding hydrogens is 160 g/mol. The highest BCUT2D eigenvalue weighted by molar-refractivity contribution is 5.09. The third kappa shape index (κ3) is 1.82. The lowest BCUT2D eigenvalue weighted by molar-refractivity contribution is -0.0152. The molecule has 0 aromatic carbocycles. The molecule has 12 heavy (non-hydrogen) atoms. The number of nitrogens with zero attached hydrogens (tertiary/aromatic N) is 2. The minimum absolute atomic E-state index is 0.462. The van der Waals surface area contributed by atoms with Crippen LogP contribution in [-0.4, -0.2) is 37.8 Å². The molecule has 0 bridgehead atoms. The van der Waals surface area contributed by atoms with Crippen LogP contribution in [0.2, 0.25) is 0 Å². The molecule has 0 saturated carbocycles. The molecular formula is C7H12N2O3. The van der Waals surface area contributed by atoms with Crippen LogP contribution < -0.4 is 0 Å². The topological polar surface area (TPSA) is 78.5 Å². The predicted molar refractivity (Wildman–Crippen MR) is 41.3 cm³/mol. The molecule has 1 heterocycles. The highest BCUT2D eigenvalue weighted by Crippen LogP contribution is 2.14. The van der Waals surface area contributed by atoms with Crippen LogP contribution in [0.25, 0.3) is 0 Å². The summed E-state index contributed by atoms with van der Waals surface area (Å²) in [4.78, 5) is 0. The van der Waals surface area contributed by atoms with Crippen LogP contribution in [0, 0.1) is 0 Å². The third-order valence-electron chi connectivity index (χ3n) is 1.62. The maximum Gasteiger partial charge on any atom is 0.110 e. The fourth-order valence-electron chi connectivity index (χ4n) is 0.915. The van der Waals surface area contributed by atoms with E-state index in [-0.39, 0.29) is 0 Å². The maximum atomic E-state index is 9.34. The molecule has 2 atom stereocenters. The van der Waals surface area contributed by atoms with E-state index in [1.54, 1.807) is 13.2 Å². The SMILES string of the molecule is Cn1cc(C(O)C(O)CO)cn1. The van der Waals surface area contributed by atoms with Gasteiger partial charge in [0.2, 0.25) is 0 Å². The van der Waals surface area contributed by atoms with Crippen LogP contribution >= 0.6 is 0 Å². The first-order chi connectivity index (χ1) is 5.65. The van der Waals surface area contributed by atoms with Crippen LogP contribution in [0.3, 0.4) is 0 Å². The Morgan fingerprint density at radius 1 is 1.58 bits per heavy atom. The average Bonchev–Trinajstić information content (AvgIpc) is 2.49. The molecule has 2 unspecified atom stereocenters. The van der Waals surface area contributed by atoms with Crippen molar-refractivity contribution >= 4 is 0 Å². The molecule has 0 fully saturated rings. The maximum absolute atomic E-state index is 9.34. The van der Waals surface area contributed by atoms with Gasteiger partial charge in [-0.25, -0.2) is 0 Å². The number of hydrogen-bond acceptors (Lipinski definition) is 4. The fourth-order valence-corrected chi connectivity index (χ4v) is 0.915. The summed E-state index contributed by atoms with van der Waals surface area (Å²) in [6.45, 7) is -0.462. The first kappa shape index (κ1) is 9.18. The summed E-state index contributed by atoms with van der Waals surface area (Å²) in [5.41, 5.74) is 0.499. The van der Waals surface area contributed by atoms with E-state index >= 15 is 0 Å². The van der Waals surface area contributed by atoms with Crippen molar-refractivity contribution in [1.82, 2.24) is 9.78 Å². The van der Waals surface area contributed by atoms with Crippen molar-refractivity contribution < 1.29 is 15.3 Å². The van der Waals surface area contributed by atoms with Gasteiger partial charge in [-0.1, -0.05) is 0 Å². The Bertz CT molecular complexity index is 249. The first-order valence-electron chi connectivity index (χ1n) is 3.60. The Balaban J connectivity index is 2.70. The van der Waals surface area contributed by atoms with Crippen molar-refractivity contribution in [1.29, 1.82) is 0 Å². The highest BCUT2D eigenvalue weighted by Gasteiger charge is 2.18. The lowest BCUT2D eigenvalue weighted by Gasteiger charge is -2.12. The summed E-state index contributed by atoms with van der Waals surface area (Å²) in [7, 11) is 1.71. The monoisotopic (exact) mass is 172 g/mol. The van der Waals surface area contributed by atoms with Crippen molar-refractivity contribution in [2.75, 3.05) is 6.61 Å². The minimum atomic E-state index is -1.14. The average molecular weight is 172 g/mol. The van der Waals surface area contributed by atoms with Crippen LogP contribution in [0.15, 0.2) is 12.4 Å². The van der Waals surface area contributed by atoms with Crippen molar-refractivity contribution in [2.24, 2.45) is 7.05 Å². The Morgan fingerprint density at radius 2 is 2.25 bits per heavy atom. The molecule has 0 radical (unpaired) electrons. The predicted octanol–water partition coefficient (Wildman–Crippen LogP) is -1.19. The van der Waals surface area contributed by atoms with Gasteiger partial charge >= 0.3 is 0 Å². The molecule has 1 aromatic heterocycles. The van der Waals surface area contributed by atoms with Gasteiger partial charge < -0.3 is 15.3 Å². The quantitative estimate of drug-likeness (QED) is 0.535. The van der Waals surface area contributed by atoms with Crippen molar-refractivity contribution in [3.8, 4) is 0 Å². The fraction of sp³-hybridized carbons (Fsp3) is 0.571. The minimum Gasteiger partial charge on any atom is -0.394 e. The zero-order valence-electron chi connectivity index (χ0n) is 6.75. The summed E-state index contributed by atoms with van der Waals surface area (Å²) >= 11 is 0. The smallest absolute Gasteiger partial charge is 0.110 e. The zero-order valence-corrected chi connectivity index (χ0v) is 6.75. The third-order valence-corrected chi connectivity index (χ3v) is 1.62. The van der Waals surface area contributed by atoms with E-state index in [0.29, 0.717) is 5.56 Å². The van der Waals surface area contributed by atoms with Gasteiger partial charge in [-0.3, -0.25) is 4.68 Å². The van der Waals surface area contributed by atoms with Gasteiger partial charge in [0, 0.05) is 18.8 Å². The van der Waals surface area contributed by atoms with Gasteiger partial charge in [-0.2, -0.15) is 5.10 Å². The molecule has 0 spiro atoms. The van der Waals surface area contributed by atoms with E-state index in [0.717, 1.165) is 0 Å². The lowest BCUT2D eigenvalue weighted by atomic mass is 10.1. The molecule has 1 aromatic rings. The number of aromatic nitrogens is 2. The molecule has 0 aliphatic carbocycles. The van der Waals surface area contributed by atoms with Gasteiger partial charge in [0.15, 0.2) is 0 Å². The van der Waals surface area contributed by atoms with E-state index in [4.69, 9.17) is 10.2 Å².